The summed E-state index contributed by atoms with van der Waals surface area (Å²) in [6.45, 7) is 13.9. The van der Waals surface area contributed by atoms with Gasteiger partial charge in [0, 0.05) is 31.7 Å². The summed E-state index contributed by atoms with van der Waals surface area (Å²) >= 11 is 0. The van der Waals surface area contributed by atoms with Gasteiger partial charge in [-0.25, -0.2) is 0 Å². The van der Waals surface area contributed by atoms with Gasteiger partial charge in [-0.2, -0.15) is 0 Å². The van der Waals surface area contributed by atoms with E-state index in [0.29, 0.717) is 6.54 Å². The van der Waals surface area contributed by atoms with Crippen LogP contribution >= 0.6 is 0 Å². The second kappa shape index (κ2) is 6.36. The zero-order valence-electron chi connectivity index (χ0n) is 11.8. The molecule has 0 spiro atoms. The Hall–Kier alpha value is -0.610. The maximum absolute atomic E-state index is 11.9. The zero-order chi connectivity index (χ0) is 12.9. The van der Waals surface area contributed by atoms with Crippen molar-refractivity contribution < 1.29 is 4.79 Å². The molecule has 4 heteroatoms. The Morgan fingerprint density at radius 1 is 1.18 bits per heavy atom. The van der Waals surface area contributed by atoms with Gasteiger partial charge in [-0.05, 0) is 33.7 Å². The van der Waals surface area contributed by atoms with Crippen molar-refractivity contribution in [3.8, 4) is 0 Å². The Bertz CT molecular complexity index is 240. The van der Waals surface area contributed by atoms with E-state index in [9.17, 15) is 4.79 Å². The Morgan fingerprint density at radius 3 is 2.24 bits per heavy atom. The van der Waals surface area contributed by atoms with E-state index in [2.05, 4.69) is 37.9 Å². The molecule has 0 aromatic carbocycles. The summed E-state index contributed by atoms with van der Waals surface area (Å²) in [5.74, 6) is 0.243. The minimum atomic E-state index is 0.218. The monoisotopic (exact) mass is 241 g/mol. The average molecular weight is 241 g/mol. The lowest BCUT2D eigenvalue weighted by atomic mass is 10.1. The molecule has 1 N–H and O–H groups in total. The van der Waals surface area contributed by atoms with Gasteiger partial charge >= 0.3 is 0 Å². The van der Waals surface area contributed by atoms with Crippen molar-refractivity contribution in [3.05, 3.63) is 0 Å². The Labute approximate surface area is 105 Å². The number of nitrogens with one attached hydrogen (secondary N) is 1. The molecule has 0 radical (unpaired) electrons. The molecule has 1 amide bonds. The fourth-order valence-corrected chi connectivity index (χ4v) is 2.11. The molecule has 0 atom stereocenters. The highest BCUT2D eigenvalue weighted by Crippen LogP contribution is 2.15. The molecule has 17 heavy (non-hydrogen) atoms. The molecule has 0 aliphatic carbocycles. The van der Waals surface area contributed by atoms with Crippen LogP contribution < -0.4 is 5.32 Å². The minimum Gasteiger partial charge on any atom is -0.339 e. The van der Waals surface area contributed by atoms with E-state index in [1.807, 2.05) is 4.90 Å². The molecule has 1 heterocycles. The average Bonchev–Trinajstić information content (AvgIpc) is 2.28. The van der Waals surface area contributed by atoms with E-state index < -0.39 is 0 Å². The SMILES string of the molecule is CCCNCC(=O)N1CCN(C(C)(C)C)CC1. The van der Waals surface area contributed by atoms with Crippen LogP contribution in [0.5, 0.6) is 0 Å². The predicted molar refractivity (Wildman–Crippen MR) is 71.1 cm³/mol. The van der Waals surface area contributed by atoms with Crippen LogP contribution in [0.4, 0.5) is 0 Å². The quantitative estimate of drug-likeness (QED) is 0.744. The zero-order valence-corrected chi connectivity index (χ0v) is 11.8. The molecular weight excluding hydrogens is 214 g/mol. The number of piperazine rings is 1. The van der Waals surface area contributed by atoms with Crippen LogP contribution in [0.3, 0.4) is 0 Å². The summed E-state index contributed by atoms with van der Waals surface area (Å²) in [7, 11) is 0. The topological polar surface area (TPSA) is 35.6 Å². The van der Waals surface area contributed by atoms with Gasteiger partial charge in [-0.1, -0.05) is 6.92 Å². The minimum absolute atomic E-state index is 0.218. The van der Waals surface area contributed by atoms with Crippen molar-refractivity contribution in [1.82, 2.24) is 15.1 Å². The van der Waals surface area contributed by atoms with Crippen molar-refractivity contribution in [3.63, 3.8) is 0 Å². The van der Waals surface area contributed by atoms with Crippen LogP contribution in [0.1, 0.15) is 34.1 Å². The first-order chi connectivity index (χ1) is 7.95. The third-order valence-electron chi connectivity index (χ3n) is 3.28. The van der Waals surface area contributed by atoms with Gasteiger partial charge in [0.2, 0.25) is 5.91 Å². The van der Waals surface area contributed by atoms with Crippen molar-refractivity contribution in [1.29, 1.82) is 0 Å². The third-order valence-corrected chi connectivity index (χ3v) is 3.28. The van der Waals surface area contributed by atoms with E-state index >= 15 is 0 Å². The summed E-state index contributed by atoms with van der Waals surface area (Å²) in [5.41, 5.74) is 0.218. The molecule has 0 aromatic rings. The number of hydrogen-bond donors (Lipinski definition) is 1. The number of rotatable bonds is 4. The number of hydrogen-bond acceptors (Lipinski definition) is 3. The van der Waals surface area contributed by atoms with E-state index in [1.165, 1.54) is 0 Å². The molecule has 0 aromatic heterocycles. The molecule has 100 valence electrons. The fourth-order valence-electron chi connectivity index (χ4n) is 2.11. The van der Waals surface area contributed by atoms with Gasteiger partial charge in [-0.15, -0.1) is 0 Å². The van der Waals surface area contributed by atoms with Crippen LogP contribution in [0.2, 0.25) is 0 Å². The van der Waals surface area contributed by atoms with Crippen LogP contribution in [-0.4, -0.2) is 60.5 Å². The van der Waals surface area contributed by atoms with Crippen LogP contribution in [0.25, 0.3) is 0 Å². The first-order valence-electron chi connectivity index (χ1n) is 6.68. The first kappa shape index (κ1) is 14.5. The molecule has 0 saturated carbocycles. The molecule has 1 aliphatic rings. The molecular formula is C13H27N3O. The normalized spacial score (nSPS) is 18.5. The van der Waals surface area contributed by atoms with Gasteiger partial charge < -0.3 is 10.2 Å². The van der Waals surface area contributed by atoms with Crippen molar-refractivity contribution in [2.45, 2.75) is 39.7 Å². The lowest BCUT2D eigenvalue weighted by molar-refractivity contribution is -0.132. The lowest BCUT2D eigenvalue weighted by Gasteiger charge is -2.42. The van der Waals surface area contributed by atoms with E-state index in [4.69, 9.17) is 0 Å². The van der Waals surface area contributed by atoms with Crippen molar-refractivity contribution >= 4 is 5.91 Å². The summed E-state index contributed by atoms with van der Waals surface area (Å²) < 4.78 is 0. The highest BCUT2D eigenvalue weighted by molar-refractivity contribution is 5.78. The van der Waals surface area contributed by atoms with Crippen LogP contribution in [0.15, 0.2) is 0 Å². The molecule has 1 fully saturated rings. The Morgan fingerprint density at radius 2 is 1.76 bits per heavy atom. The third kappa shape index (κ3) is 4.64. The van der Waals surface area contributed by atoms with Gasteiger partial charge in [0.05, 0.1) is 6.54 Å². The summed E-state index contributed by atoms with van der Waals surface area (Å²) in [4.78, 5) is 16.3. The molecule has 1 rings (SSSR count). The number of carbonyl (C=O) groups excluding carboxylic acids is 1. The lowest BCUT2D eigenvalue weighted by Crippen LogP contribution is -2.55. The fraction of sp³-hybridized carbons (Fsp3) is 0.923. The Balaban J connectivity index is 2.29. The summed E-state index contributed by atoms with van der Waals surface area (Å²) in [6, 6.07) is 0. The number of amides is 1. The Kier molecular flexibility index (Phi) is 5.40. The standard InChI is InChI=1S/C13H27N3O/c1-5-6-14-11-12(17)15-7-9-16(10-8-15)13(2,3)4/h14H,5-11H2,1-4H3. The first-order valence-corrected chi connectivity index (χ1v) is 6.68. The van der Waals surface area contributed by atoms with E-state index in [0.717, 1.165) is 39.1 Å². The highest BCUT2D eigenvalue weighted by Gasteiger charge is 2.27. The predicted octanol–water partition coefficient (Wildman–Crippen LogP) is 0.929. The van der Waals surface area contributed by atoms with Gasteiger partial charge in [-0.3, -0.25) is 9.69 Å². The molecule has 0 bridgehead atoms. The van der Waals surface area contributed by atoms with Gasteiger partial charge in [0.25, 0.3) is 0 Å². The van der Waals surface area contributed by atoms with Crippen molar-refractivity contribution in [2.75, 3.05) is 39.3 Å². The van der Waals surface area contributed by atoms with Gasteiger partial charge in [0.15, 0.2) is 0 Å². The maximum Gasteiger partial charge on any atom is 0.236 e. The highest BCUT2D eigenvalue weighted by atomic mass is 16.2. The molecule has 4 nitrogen and oxygen atoms in total. The van der Waals surface area contributed by atoms with Crippen molar-refractivity contribution in [2.24, 2.45) is 0 Å². The molecule has 1 saturated heterocycles. The number of nitrogens with zero attached hydrogens (tertiary/aromatic N) is 2. The van der Waals surface area contributed by atoms with E-state index in [1.54, 1.807) is 0 Å². The van der Waals surface area contributed by atoms with Crippen LogP contribution in [0, 0.1) is 0 Å². The second-order valence-corrected chi connectivity index (χ2v) is 5.72. The molecule has 1 aliphatic heterocycles. The van der Waals surface area contributed by atoms with Gasteiger partial charge in [0.1, 0.15) is 0 Å². The smallest absolute Gasteiger partial charge is 0.236 e. The van der Waals surface area contributed by atoms with E-state index in [-0.39, 0.29) is 11.4 Å². The maximum atomic E-state index is 11.9. The summed E-state index contributed by atoms with van der Waals surface area (Å²) in [5, 5.41) is 3.17. The largest absolute Gasteiger partial charge is 0.339 e. The summed E-state index contributed by atoms with van der Waals surface area (Å²) in [6.07, 6.45) is 1.07. The molecule has 0 unspecified atom stereocenters. The van der Waals surface area contributed by atoms with Crippen LogP contribution in [-0.2, 0) is 4.79 Å². The second-order valence-electron chi connectivity index (χ2n) is 5.72. The number of carbonyl (C=O) groups is 1.